The minimum atomic E-state index is 0.277. The lowest BCUT2D eigenvalue weighted by Crippen LogP contribution is -2.38. The van der Waals surface area contributed by atoms with Gasteiger partial charge in [-0.05, 0) is 38.5 Å². The first-order chi connectivity index (χ1) is 13.3. The SMILES string of the molecule is CCCCCCCC(OC(CCCCCCC)C1CCCO1)C1CCCO1. The number of unbranched alkanes of at least 4 members (excludes halogenated alkanes) is 8. The molecular weight excluding hydrogens is 336 g/mol. The molecule has 0 aromatic heterocycles. The van der Waals surface area contributed by atoms with E-state index in [1.807, 2.05) is 0 Å². The summed E-state index contributed by atoms with van der Waals surface area (Å²) in [5.74, 6) is 0. The maximum atomic E-state index is 6.78. The van der Waals surface area contributed by atoms with Gasteiger partial charge in [0, 0.05) is 13.2 Å². The second-order valence-corrected chi connectivity index (χ2v) is 8.72. The smallest absolute Gasteiger partial charge is 0.0841 e. The van der Waals surface area contributed by atoms with Gasteiger partial charge in [0.2, 0.25) is 0 Å². The van der Waals surface area contributed by atoms with E-state index in [2.05, 4.69) is 13.8 Å². The van der Waals surface area contributed by atoms with Crippen molar-refractivity contribution in [1.82, 2.24) is 0 Å². The largest absolute Gasteiger partial charge is 0.376 e. The van der Waals surface area contributed by atoms with Crippen LogP contribution in [0.5, 0.6) is 0 Å². The summed E-state index contributed by atoms with van der Waals surface area (Å²) in [5.41, 5.74) is 0. The molecule has 2 aliphatic rings. The average molecular weight is 383 g/mol. The molecule has 4 atom stereocenters. The van der Waals surface area contributed by atoms with Crippen molar-refractivity contribution in [3.8, 4) is 0 Å². The molecule has 0 amide bonds. The highest BCUT2D eigenvalue weighted by atomic mass is 16.6. The van der Waals surface area contributed by atoms with Crippen molar-refractivity contribution in [2.45, 2.75) is 141 Å². The molecule has 0 bridgehead atoms. The normalized spacial score (nSPS) is 25.1. The topological polar surface area (TPSA) is 27.7 Å². The highest BCUT2D eigenvalue weighted by Crippen LogP contribution is 2.29. The lowest BCUT2D eigenvalue weighted by Gasteiger charge is -2.31. The van der Waals surface area contributed by atoms with E-state index in [9.17, 15) is 0 Å². The Bertz CT molecular complexity index is 303. The number of ether oxygens (including phenoxy) is 3. The Morgan fingerprint density at radius 2 is 1.11 bits per heavy atom. The molecule has 0 saturated carbocycles. The molecule has 2 heterocycles. The van der Waals surface area contributed by atoms with Gasteiger partial charge >= 0.3 is 0 Å². The van der Waals surface area contributed by atoms with Crippen molar-refractivity contribution in [2.75, 3.05) is 13.2 Å². The van der Waals surface area contributed by atoms with E-state index in [0.29, 0.717) is 12.2 Å². The maximum absolute atomic E-state index is 6.78. The van der Waals surface area contributed by atoms with Crippen LogP contribution in [-0.2, 0) is 14.2 Å². The quantitative estimate of drug-likeness (QED) is 0.274. The number of hydrogen-bond donors (Lipinski definition) is 0. The van der Waals surface area contributed by atoms with E-state index in [1.165, 1.54) is 89.9 Å². The third-order valence-electron chi connectivity index (χ3n) is 6.29. The van der Waals surface area contributed by atoms with Gasteiger partial charge in [-0.1, -0.05) is 78.1 Å². The van der Waals surface area contributed by atoms with Crippen LogP contribution >= 0.6 is 0 Å². The summed E-state index contributed by atoms with van der Waals surface area (Å²) in [5, 5.41) is 0. The summed E-state index contributed by atoms with van der Waals surface area (Å²) >= 11 is 0. The van der Waals surface area contributed by atoms with Crippen LogP contribution in [0.25, 0.3) is 0 Å². The van der Waals surface area contributed by atoms with E-state index < -0.39 is 0 Å². The molecule has 2 fully saturated rings. The fraction of sp³-hybridized carbons (Fsp3) is 1.00. The Hall–Kier alpha value is -0.120. The molecular formula is C24H46O3. The monoisotopic (exact) mass is 382 g/mol. The van der Waals surface area contributed by atoms with Crippen molar-refractivity contribution in [1.29, 1.82) is 0 Å². The van der Waals surface area contributed by atoms with Crippen molar-refractivity contribution in [3.05, 3.63) is 0 Å². The molecule has 160 valence electrons. The van der Waals surface area contributed by atoms with Gasteiger partial charge in [0.25, 0.3) is 0 Å². The van der Waals surface area contributed by atoms with Gasteiger partial charge in [-0.25, -0.2) is 0 Å². The average Bonchev–Trinajstić information content (AvgIpc) is 3.39. The lowest BCUT2D eigenvalue weighted by atomic mass is 9.99. The summed E-state index contributed by atoms with van der Waals surface area (Å²) < 4.78 is 18.9. The Balaban J connectivity index is 1.83. The van der Waals surface area contributed by atoms with Gasteiger partial charge in [-0.3, -0.25) is 0 Å². The van der Waals surface area contributed by atoms with E-state index in [-0.39, 0.29) is 12.2 Å². The molecule has 0 spiro atoms. The van der Waals surface area contributed by atoms with E-state index in [0.717, 1.165) is 26.1 Å². The molecule has 27 heavy (non-hydrogen) atoms. The Morgan fingerprint density at radius 3 is 1.48 bits per heavy atom. The molecule has 0 N–H and O–H groups in total. The Kier molecular flexibility index (Phi) is 12.7. The highest BCUT2D eigenvalue weighted by molar-refractivity contribution is 4.81. The summed E-state index contributed by atoms with van der Waals surface area (Å²) in [7, 11) is 0. The van der Waals surface area contributed by atoms with Crippen LogP contribution < -0.4 is 0 Å². The van der Waals surface area contributed by atoms with Crippen LogP contribution in [0.2, 0.25) is 0 Å². The van der Waals surface area contributed by atoms with Gasteiger partial charge in [-0.15, -0.1) is 0 Å². The van der Waals surface area contributed by atoms with E-state index >= 15 is 0 Å². The second kappa shape index (κ2) is 14.8. The molecule has 4 unspecified atom stereocenters. The maximum Gasteiger partial charge on any atom is 0.0841 e. The molecule has 3 nitrogen and oxygen atoms in total. The van der Waals surface area contributed by atoms with E-state index in [1.54, 1.807) is 0 Å². The third-order valence-corrected chi connectivity index (χ3v) is 6.29. The van der Waals surface area contributed by atoms with Crippen LogP contribution in [-0.4, -0.2) is 37.6 Å². The number of hydrogen-bond acceptors (Lipinski definition) is 3. The van der Waals surface area contributed by atoms with Crippen molar-refractivity contribution in [3.63, 3.8) is 0 Å². The zero-order chi connectivity index (χ0) is 19.2. The minimum Gasteiger partial charge on any atom is -0.376 e. The third kappa shape index (κ3) is 9.28. The molecule has 2 aliphatic heterocycles. The van der Waals surface area contributed by atoms with Crippen LogP contribution in [0.4, 0.5) is 0 Å². The first-order valence-corrected chi connectivity index (χ1v) is 12.2. The summed E-state index contributed by atoms with van der Waals surface area (Å²) in [4.78, 5) is 0. The van der Waals surface area contributed by atoms with Crippen molar-refractivity contribution in [2.24, 2.45) is 0 Å². The first kappa shape index (κ1) is 23.2. The predicted octanol–water partition coefficient (Wildman–Crippen LogP) is 6.82. The molecule has 0 aromatic rings. The fourth-order valence-corrected chi connectivity index (χ4v) is 4.60. The van der Waals surface area contributed by atoms with Gasteiger partial charge in [0.1, 0.15) is 0 Å². The number of rotatable bonds is 16. The molecule has 0 radical (unpaired) electrons. The van der Waals surface area contributed by atoms with Gasteiger partial charge in [-0.2, -0.15) is 0 Å². The summed E-state index contributed by atoms with van der Waals surface area (Å²) in [6.45, 7) is 6.40. The first-order valence-electron chi connectivity index (χ1n) is 12.2. The van der Waals surface area contributed by atoms with Crippen LogP contribution in [0.1, 0.15) is 117 Å². The minimum absolute atomic E-state index is 0.277. The zero-order valence-electron chi connectivity index (χ0n) is 18.3. The molecule has 2 saturated heterocycles. The fourth-order valence-electron chi connectivity index (χ4n) is 4.60. The highest BCUT2D eigenvalue weighted by Gasteiger charge is 2.33. The Labute approximate surface area is 168 Å². The van der Waals surface area contributed by atoms with E-state index in [4.69, 9.17) is 14.2 Å². The van der Waals surface area contributed by atoms with Gasteiger partial charge in [0.15, 0.2) is 0 Å². The summed E-state index contributed by atoms with van der Waals surface area (Å²) in [6.07, 6.45) is 21.6. The standard InChI is InChI=1S/C24H46O3/c1-3-5-7-9-11-15-23(21-17-13-19-25-21)27-24(22-18-14-20-26-22)16-12-10-8-6-4-2/h21-24H,3-20H2,1-2H3. The van der Waals surface area contributed by atoms with Gasteiger partial charge in [0.05, 0.1) is 24.4 Å². The zero-order valence-corrected chi connectivity index (χ0v) is 18.3. The molecule has 2 rings (SSSR count). The Morgan fingerprint density at radius 1 is 0.667 bits per heavy atom. The molecule has 0 aliphatic carbocycles. The van der Waals surface area contributed by atoms with Gasteiger partial charge < -0.3 is 14.2 Å². The van der Waals surface area contributed by atoms with Crippen molar-refractivity contribution >= 4 is 0 Å². The van der Waals surface area contributed by atoms with Crippen LogP contribution in [0, 0.1) is 0 Å². The van der Waals surface area contributed by atoms with Crippen molar-refractivity contribution < 1.29 is 14.2 Å². The lowest BCUT2D eigenvalue weighted by molar-refractivity contribution is -0.128. The molecule has 0 aromatic carbocycles. The van der Waals surface area contributed by atoms with Crippen LogP contribution in [0.15, 0.2) is 0 Å². The predicted molar refractivity (Wildman–Crippen MR) is 113 cm³/mol. The summed E-state index contributed by atoms with van der Waals surface area (Å²) in [6, 6.07) is 0. The second-order valence-electron chi connectivity index (χ2n) is 8.72. The van der Waals surface area contributed by atoms with Crippen LogP contribution in [0.3, 0.4) is 0 Å². The molecule has 3 heteroatoms.